The molecule has 0 radical (unpaired) electrons. The summed E-state index contributed by atoms with van der Waals surface area (Å²) >= 11 is 0. The summed E-state index contributed by atoms with van der Waals surface area (Å²) in [6, 6.07) is 11.8. The molecule has 1 heterocycles. The van der Waals surface area contributed by atoms with Crippen LogP contribution in [0, 0.1) is 0 Å². The second kappa shape index (κ2) is 11.5. The van der Waals surface area contributed by atoms with Crippen LogP contribution >= 0.6 is 24.0 Å². The van der Waals surface area contributed by atoms with Crippen molar-refractivity contribution in [3.05, 3.63) is 53.7 Å². The van der Waals surface area contributed by atoms with Crippen LogP contribution < -0.4 is 20.1 Å². The first-order valence-electron chi connectivity index (χ1n) is 7.82. The second-order valence-electron chi connectivity index (χ2n) is 5.12. The predicted molar refractivity (Wildman–Crippen MR) is 111 cm³/mol. The molecule has 25 heavy (non-hydrogen) atoms. The number of hydrogen-bond donors (Lipinski definition) is 2. The van der Waals surface area contributed by atoms with E-state index in [4.69, 9.17) is 9.47 Å². The number of aromatic nitrogens is 1. The maximum Gasteiger partial charge on any atom is 0.212 e. The maximum absolute atomic E-state index is 5.36. The number of nitrogens with one attached hydrogen (secondary N) is 2. The molecule has 0 fully saturated rings. The van der Waals surface area contributed by atoms with Crippen molar-refractivity contribution in [3.63, 3.8) is 0 Å². The first kappa shape index (κ1) is 21.0. The van der Waals surface area contributed by atoms with E-state index >= 15 is 0 Å². The summed E-state index contributed by atoms with van der Waals surface area (Å²) in [6.45, 7) is 1.41. The number of guanidine groups is 1. The van der Waals surface area contributed by atoms with Crippen molar-refractivity contribution < 1.29 is 9.47 Å². The Morgan fingerprint density at radius 1 is 1.08 bits per heavy atom. The van der Waals surface area contributed by atoms with Crippen molar-refractivity contribution in [3.8, 4) is 11.6 Å². The van der Waals surface area contributed by atoms with Gasteiger partial charge in [0.2, 0.25) is 5.88 Å². The van der Waals surface area contributed by atoms with Crippen molar-refractivity contribution in [1.29, 1.82) is 0 Å². The van der Waals surface area contributed by atoms with E-state index in [0.717, 1.165) is 30.2 Å². The molecule has 0 spiro atoms. The average Bonchev–Trinajstić information content (AvgIpc) is 2.65. The number of nitrogens with zero attached hydrogens (tertiary/aromatic N) is 2. The highest BCUT2D eigenvalue weighted by molar-refractivity contribution is 14.0. The molecular weight excluding hydrogens is 431 g/mol. The van der Waals surface area contributed by atoms with Crippen molar-refractivity contribution in [1.82, 2.24) is 15.6 Å². The van der Waals surface area contributed by atoms with Gasteiger partial charge < -0.3 is 20.1 Å². The maximum atomic E-state index is 5.36. The first-order chi connectivity index (χ1) is 11.8. The third-order valence-electron chi connectivity index (χ3n) is 3.57. The van der Waals surface area contributed by atoms with E-state index in [1.807, 2.05) is 30.3 Å². The summed E-state index contributed by atoms with van der Waals surface area (Å²) in [7, 11) is 5.05. The van der Waals surface area contributed by atoms with Gasteiger partial charge in [0, 0.05) is 32.4 Å². The molecule has 0 aliphatic rings. The normalized spacial score (nSPS) is 10.6. The zero-order chi connectivity index (χ0) is 17.2. The molecule has 0 bridgehead atoms. The summed E-state index contributed by atoms with van der Waals surface area (Å²) in [5.41, 5.74) is 2.23. The molecular formula is C18H25IN4O2. The number of pyridine rings is 1. The predicted octanol–water partition coefficient (Wildman–Crippen LogP) is 2.62. The zero-order valence-corrected chi connectivity index (χ0v) is 17.1. The molecule has 0 atom stereocenters. The van der Waals surface area contributed by atoms with E-state index in [9.17, 15) is 0 Å². The molecule has 0 saturated carbocycles. The topological polar surface area (TPSA) is 67.8 Å². The molecule has 0 aliphatic carbocycles. The molecule has 0 unspecified atom stereocenters. The molecule has 0 amide bonds. The molecule has 6 nitrogen and oxygen atoms in total. The fraction of sp³-hybridized carbons (Fsp3) is 0.333. The zero-order valence-electron chi connectivity index (χ0n) is 14.8. The van der Waals surface area contributed by atoms with Crippen molar-refractivity contribution >= 4 is 29.9 Å². The lowest BCUT2D eigenvalue weighted by Gasteiger charge is -2.13. The van der Waals surface area contributed by atoms with Gasteiger partial charge in [-0.3, -0.25) is 4.99 Å². The Morgan fingerprint density at radius 3 is 2.52 bits per heavy atom. The highest BCUT2D eigenvalue weighted by Gasteiger charge is 2.03. The highest BCUT2D eigenvalue weighted by Crippen LogP contribution is 2.17. The van der Waals surface area contributed by atoms with E-state index in [-0.39, 0.29) is 24.0 Å². The molecule has 2 rings (SSSR count). The molecule has 7 heteroatoms. The molecule has 136 valence electrons. The number of benzene rings is 1. The SMILES string of the molecule is CN=C(NCCc1ccccc1OC)NCc1ccc(OC)nc1.I. The van der Waals surface area contributed by atoms with E-state index in [2.05, 4.69) is 26.7 Å². The molecule has 2 aromatic rings. The summed E-state index contributed by atoms with van der Waals surface area (Å²) in [5.74, 6) is 2.27. The minimum absolute atomic E-state index is 0. The van der Waals surface area contributed by atoms with Crippen molar-refractivity contribution in [2.24, 2.45) is 4.99 Å². The van der Waals surface area contributed by atoms with Gasteiger partial charge in [0.05, 0.1) is 14.2 Å². The van der Waals surface area contributed by atoms with Gasteiger partial charge in [0.1, 0.15) is 5.75 Å². The lowest BCUT2D eigenvalue weighted by atomic mass is 10.1. The van der Waals surface area contributed by atoms with Crippen LogP contribution in [0.25, 0.3) is 0 Å². The second-order valence-corrected chi connectivity index (χ2v) is 5.12. The number of methoxy groups -OCH3 is 2. The van der Waals surface area contributed by atoms with Crippen LogP contribution in [0.2, 0.25) is 0 Å². The summed E-state index contributed by atoms with van der Waals surface area (Å²) in [5, 5.41) is 6.57. The Bertz CT molecular complexity index is 662. The number of rotatable bonds is 7. The Labute approximate surface area is 166 Å². The Kier molecular flexibility index (Phi) is 9.68. The molecule has 0 saturated heterocycles. The largest absolute Gasteiger partial charge is 0.496 e. The standard InChI is InChI=1S/C18H24N4O2.HI/c1-19-18(22-13-14-8-9-17(24-3)21-12-14)20-11-10-15-6-4-5-7-16(15)23-2;/h4-9,12H,10-11,13H2,1-3H3,(H2,19,20,22);1H. The monoisotopic (exact) mass is 456 g/mol. The Hall–Kier alpha value is -2.03. The minimum atomic E-state index is 0. The van der Waals surface area contributed by atoms with E-state index in [1.54, 1.807) is 27.5 Å². The Morgan fingerprint density at radius 2 is 1.88 bits per heavy atom. The fourth-order valence-electron chi connectivity index (χ4n) is 2.27. The summed E-state index contributed by atoms with van der Waals surface area (Å²) in [6.07, 6.45) is 2.64. The van der Waals surface area contributed by atoms with Gasteiger partial charge >= 0.3 is 0 Å². The summed E-state index contributed by atoms with van der Waals surface area (Å²) < 4.78 is 10.4. The van der Waals surface area contributed by atoms with Crippen LogP contribution in [0.4, 0.5) is 0 Å². The summed E-state index contributed by atoms with van der Waals surface area (Å²) in [4.78, 5) is 8.41. The van der Waals surface area contributed by atoms with Gasteiger partial charge in [-0.1, -0.05) is 24.3 Å². The van der Waals surface area contributed by atoms with Crippen LogP contribution in [0.1, 0.15) is 11.1 Å². The van der Waals surface area contributed by atoms with Crippen LogP contribution in [0.3, 0.4) is 0 Å². The lowest BCUT2D eigenvalue weighted by Crippen LogP contribution is -2.37. The third kappa shape index (κ3) is 6.77. The van der Waals surface area contributed by atoms with Gasteiger partial charge in [-0.2, -0.15) is 0 Å². The van der Waals surface area contributed by atoms with Gasteiger partial charge in [0.15, 0.2) is 5.96 Å². The average molecular weight is 456 g/mol. The van der Waals surface area contributed by atoms with Crippen LogP contribution in [-0.2, 0) is 13.0 Å². The Balaban J connectivity index is 0.00000312. The van der Waals surface area contributed by atoms with Gasteiger partial charge in [-0.15, -0.1) is 24.0 Å². The van der Waals surface area contributed by atoms with Gasteiger partial charge in [-0.05, 0) is 23.6 Å². The number of aliphatic imine (C=N–C) groups is 1. The fourth-order valence-corrected chi connectivity index (χ4v) is 2.27. The first-order valence-corrected chi connectivity index (χ1v) is 7.82. The van der Waals surface area contributed by atoms with Crippen molar-refractivity contribution in [2.75, 3.05) is 27.8 Å². The van der Waals surface area contributed by atoms with Gasteiger partial charge in [0.25, 0.3) is 0 Å². The third-order valence-corrected chi connectivity index (χ3v) is 3.57. The van der Waals surface area contributed by atoms with Crippen LogP contribution in [0.5, 0.6) is 11.6 Å². The highest BCUT2D eigenvalue weighted by atomic mass is 127. The number of hydrogen-bond acceptors (Lipinski definition) is 4. The minimum Gasteiger partial charge on any atom is -0.496 e. The smallest absolute Gasteiger partial charge is 0.212 e. The molecule has 0 aliphatic heterocycles. The number of ether oxygens (including phenoxy) is 2. The van der Waals surface area contributed by atoms with E-state index in [1.165, 1.54) is 5.56 Å². The number of para-hydroxylation sites is 1. The van der Waals surface area contributed by atoms with E-state index in [0.29, 0.717) is 12.4 Å². The van der Waals surface area contributed by atoms with Gasteiger partial charge in [-0.25, -0.2) is 4.98 Å². The number of halogens is 1. The lowest BCUT2D eigenvalue weighted by molar-refractivity contribution is 0.397. The quantitative estimate of drug-likeness (QED) is 0.381. The molecule has 1 aromatic heterocycles. The molecule has 1 aromatic carbocycles. The van der Waals surface area contributed by atoms with E-state index < -0.39 is 0 Å². The molecule has 2 N–H and O–H groups in total. The van der Waals surface area contributed by atoms with Crippen LogP contribution in [-0.4, -0.2) is 38.8 Å². The van der Waals surface area contributed by atoms with Crippen LogP contribution in [0.15, 0.2) is 47.6 Å². The van der Waals surface area contributed by atoms with Crippen molar-refractivity contribution in [2.45, 2.75) is 13.0 Å².